The van der Waals surface area contributed by atoms with E-state index in [2.05, 4.69) is 10.2 Å². The van der Waals surface area contributed by atoms with Gasteiger partial charge >= 0.3 is 6.09 Å². The molecule has 1 aromatic carbocycles. The Morgan fingerprint density at radius 3 is 2.33 bits per heavy atom. The van der Waals surface area contributed by atoms with Gasteiger partial charge in [0, 0.05) is 56.0 Å². The Labute approximate surface area is 179 Å². The minimum atomic E-state index is -0.881. The van der Waals surface area contributed by atoms with E-state index in [-0.39, 0.29) is 24.1 Å². The number of primary amides is 1. The summed E-state index contributed by atoms with van der Waals surface area (Å²) in [6.45, 7) is 3.78. The molecule has 0 radical (unpaired) electrons. The second-order valence-corrected chi connectivity index (χ2v) is 8.58. The van der Waals surface area contributed by atoms with Crippen LogP contribution in [-0.4, -0.2) is 89.6 Å². The molecule has 3 aliphatic rings. The van der Waals surface area contributed by atoms with Crippen LogP contribution < -0.4 is 11.1 Å². The first-order valence-corrected chi connectivity index (χ1v) is 10.6. The smallest absolute Gasteiger partial charge is 0.407 e. The van der Waals surface area contributed by atoms with Gasteiger partial charge in [-0.3, -0.25) is 14.5 Å². The zero-order valence-electron chi connectivity index (χ0n) is 16.6. The highest BCUT2D eigenvalue weighted by Gasteiger charge is 2.36. The molecule has 162 valence electrons. The van der Waals surface area contributed by atoms with Gasteiger partial charge in [0.25, 0.3) is 5.91 Å². The number of carbonyl (C=O) groups is 3. The third-order valence-corrected chi connectivity index (χ3v) is 6.49. The monoisotopic (exact) mass is 435 g/mol. The lowest BCUT2D eigenvalue weighted by Gasteiger charge is -2.47. The van der Waals surface area contributed by atoms with E-state index < -0.39 is 12.0 Å². The molecule has 1 saturated carbocycles. The minimum Gasteiger partial charge on any atom is -0.465 e. The van der Waals surface area contributed by atoms with Crippen LogP contribution >= 0.6 is 11.6 Å². The molecular weight excluding hydrogens is 410 g/mol. The van der Waals surface area contributed by atoms with Gasteiger partial charge in [0.1, 0.15) is 0 Å². The molecule has 1 aromatic rings. The molecule has 4 rings (SSSR count). The first-order valence-electron chi connectivity index (χ1n) is 10.2. The first-order chi connectivity index (χ1) is 14.3. The summed E-state index contributed by atoms with van der Waals surface area (Å²) in [5, 5.41) is 12.6. The van der Waals surface area contributed by atoms with E-state index in [0.29, 0.717) is 42.8 Å². The lowest BCUT2D eigenvalue weighted by molar-refractivity contribution is -0.131. The average Bonchev–Trinajstić information content (AvgIpc) is 3.50. The number of hydrogen-bond acceptors (Lipinski definition) is 5. The number of nitrogens with one attached hydrogen (secondary N) is 1. The molecule has 0 aromatic heterocycles. The van der Waals surface area contributed by atoms with Crippen LogP contribution in [0.3, 0.4) is 0 Å². The number of hydrogen-bond donors (Lipinski definition) is 3. The van der Waals surface area contributed by atoms with Gasteiger partial charge in [-0.05, 0) is 36.5 Å². The Morgan fingerprint density at radius 2 is 1.77 bits per heavy atom. The van der Waals surface area contributed by atoms with Gasteiger partial charge in [-0.15, -0.1) is 0 Å². The van der Waals surface area contributed by atoms with E-state index in [9.17, 15) is 14.4 Å². The fourth-order valence-corrected chi connectivity index (χ4v) is 4.43. The molecule has 30 heavy (non-hydrogen) atoms. The van der Waals surface area contributed by atoms with E-state index in [4.69, 9.17) is 22.4 Å². The van der Waals surface area contributed by atoms with Crippen molar-refractivity contribution in [1.82, 2.24) is 14.7 Å². The van der Waals surface area contributed by atoms with Crippen molar-refractivity contribution in [3.8, 4) is 0 Å². The van der Waals surface area contributed by atoms with Crippen LogP contribution in [-0.2, 0) is 4.79 Å². The molecule has 0 unspecified atom stereocenters. The zero-order chi connectivity index (χ0) is 21.4. The van der Waals surface area contributed by atoms with Crippen LogP contribution in [0.4, 0.5) is 10.5 Å². The van der Waals surface area contributed by atoms with E-state index in [1.54, 1.807) is 11.0 Å². The number of anilines is 1. The summed E-state index contributed by atoms with van der Waals surface area (Å²) in [7, 11) is 0. The van der Waals surface area contributed by atoms with Crippen molar-refractivity contribution in [2.45, 2.75) is 24.8 Å². The highest BCUT2D eigenvalue weighted by atomic mass is 35.5. The maximum atomic E-state index is 12.7. The number of halogens is 1. The normalized spacial score (nSPS) is 20.0. The Hall–Kier alpha value is -2.52. The number of rotatable bonds is 6. The van der Waals surface area contributed by atoms with E-state index in [1.807, 2.05) is 6.07 Å². The molecule has 1 aliphatic carbocycles. The van der Waals surface area contributed by atoms with Crippen molar-refractivity contribution < 1.29 is 19.5 Å². The number of piperazine rings is 1. The molecule has 2 heterocycles. The standard InChI is InChI=1S/C20H26ClN5O4/c21-16-7-15(19(22)28)17(8-14(16)12-1-2-12)23-9-18(27)25-5-3-24(4-6-25)13-10-26(11-13)20(29)30/h7-8,12-13,23H,1-6,9-11H2,(H2,22,28)(H,29,30). The maximum Gasteiger partial charge on any atom is 0.407 e. The summed E-state index contributed by atoms with van der Waals surface area (Å²) >= 11 is 6.30. The maximum absolute atomic E-state index is 12.7. The van der Waals surface area contributed by atoms with Crippen LogP contribution in [0.25, 0.3) is 0 Å². The second kappa shape index (κ2) is 8.31. The number of nitrogens with two attached hydrogens (primary N) is 1. The summed E-state index contributed by atoms with van der Waals surface area (Å²) in [6, 6.07) is 3.67. The van der Waals surface area contributed by atoms with Gasteiger partial charge in [0.2, 0.25) is 5.91 Å². The molecule has 0 spiro atoms. The Bertz CT molecular complexity index is 861. The Morgan fingerprint density at radius 1 is 1.10 bits per heavy atom. The zero-order valence-corrected chi connectivity index (χ0v) is 17.4. The minimum absolute atomic E-state index is 0.0474. The van der Waals surface area contributed by atoms with E-state index in [1.165, 1.54) is 4.90 Å². The Balaban J connectivity index is 1.31. The molecule has 2 saturated heterocycles. The SMILES string of the molecule is NC(=O)c1cc(Cl)c(C2CC2)cc1NCC(=O)N1CCN(C2CN(C(=O)O)C2)CC1. The summed E-state index contributed by atoms with van der Waals surface area (Å²) in [6.07, 6.45) is 1.26. The summed E-state index contributed by atoms with van der Waals surface area (Å²) in [5.41, 5.74) is 7.31. The number of amides is 3. The van der Waals surface area contributed by atoms with Crippen molar-refractivity contribution in [3.05, 3.63) is 28.3 Å². The van der Waals surface area contributed by atoms with E-state index >= 15 is 0 Å². The predicted molar refractivity (Wildman–Crippen MR) is 112 cm³/mol. The van der Waals surface area contributed by atoms with Crippen molar-refractivity contribution in [3.63, 3.8) is 0 Å². The number of benzene rings is 1. The van der Waals surface area contributed by atoms with Gasteiger partial charge in [-0.1, -0.05) is 11.6 Å². The van der Waals surface area contributed by atoms with Crippen molar-refractivity contribution in [2.24, 2.45) is 5.73 Å². The van der Waals surface area contributed by atoms with Crippen LogP contribution in [0.15, 0.2) is 12.1 Å². The number of carbonyl (C=O) groups excluding carboxylic acids is 2. The first kappa shape index (κ1) is 20.7. The third-order valence-electron chi connectivity index (χ3n) is 6.17. The molecule has 10 heteroatoms. The number of likely N-dealkylation sites (tertiary alicyclic amines) is 1. The largest absolute Gasteiger partial charge is 0.465 e. The van der Waals surface area contributed by atoms with Gasteiger partial charge in [-0.2, -0.15) is 0 Å². The molecular formula is C20H26ClN5O4. The number of carboxylic acid groups (broad SMARTS) is 1. The predicted octanol–water partition coefficient (Wildman–Crippen LogP) is 1.23. The van der Waals surface area contributed by atoms with Gasteiger partial charge in [0.15, 0.2) is 0 Å². The topological polar surface area (TPSA) is 119 Å². The number of nitrogens with zero attached hydrogens (tertiary/aromatic N) is 3. The summed E-state index contributed by atoms with van der Waals surface area (Å²) in [4.78, 5) is 40.8. The fraction of sp³-hybridized carbons (Fsp3) is 0.550. The van der Waals surface area contributed by atoms with Crippen LogP contribution in [0.1, 0.15) is 34.7 Å². The van der Waals surface area contributed by atoms with Gasteiger partial charge < -0.3 is 26.0 Å². The molecule has 9 nitrogen and oxygen atoms in total. The van der Waals surface area contributed by atoms with Gasteiger partial charge in [0.05, 0.1) is 12.1 Å². The molecule has 3 fully saturated rings. The quantitative estimate of drug-likeness (QED) is 0.618. The molecule has 4 N–H and O–H groups in total. The van der Waals surface area contributed by atoms with Crippen molar-refractivity contribution in [1.29, 1.82) is 0 Å². The van der Waals surface area contributed by atoms with Crippen molar-refractivity contribution in [2.75, 3.05) is 51.1 Å². The highest BCUT2D eigenvalue weighted by Crippen LogP contribution is 2.44. The fourth-order valence-electron chi connectivity index (χ4n) is 4.11. The lowest BCUT2D eigenvalue weighted by Crippen LogP contribution is -2.64. The van der Waals surface area contributed by atoms with Crippen molar-refractivity contribution >= 4 is 35.2 Å². The van der Waals surface area contributed by atoms with Crippen LogP contribution in [0.2, 0.25) is 5.02 Å². The molecule has 0 bridgehead atoms. The van der Waals surface area contributed by atoms with Crippen LogP contribution in [0.5, 0.6) is 0 Å². The molecule has 2 aliphatic heterocycles. The highest BCUT2D eigenvalue weighted by molar-refractivity contribution is 6.32. The second-order valence-electron chi connectivity index (χ2n) is 8.17. The molecule has 3 amide bonds. The lowest BCUT2D eigenvalue weighted by atomic mass is 10.0. The van der Waals surface area contributed by atoms with Gasteiger partial charge in [-0.25, -0.2) is 4.79 Å². The summed E-state index contributed by atoms with van der Waals surface area (Å²) < 4.78 is 0. The average molecular weight is 436 g/mol. The van der Waals surface area contributed by atoms with E-state index in [0.717, 1.165) is 31.5 Å². The third kappa shape index (κ3) is 4.32. The van der Waals surface area contributed by atoms with Crippen LogP contribution in [0, 0.1) is 0 Å². The summed E-state index contributed by atoms with van der Waals surface area (Å²) in [5.74, 6) is -0.222. The molecule has 0 atom stereocenters. The Kier molecular flexibility index (Phi) is 5.75.